The molecule has 2 aromatic rings. The minimum atomic E-state index is 0.711. The molecule has 0 bridgehead atoms. The fourth-order valence-corrected chi connectivity index (χ4v) is 3.55. The van der Waals surface area contributed by atoms with E-state index in [2.05, 4.69) is 21.2 Å². The lowest BCUT2D eigenvalue weighted by Gasteiger charge is -2.36. The van der Waals surface area contributed by atoms with Gasteiger partial charge in [-0.15, -0.1) is 0 Å². The number of halogens is 1. The van der Waals surface area contributed by atoms with Crippen molar-refractivity contribution in [3.63, 3.8) is 0 Å². The van der Waals surface area contributed by atoms with Crippen LogP contribution in [-0.4, -0.2) is 55.3 Å². The molecule has 0 aromatic heterocycles. The molecule has 0 aliphatic carbocycles. The molecule has 3 rings (SSSR count). The lowest BCUT2D eigenvalue weighted by Crippen LogP contribution is -2.49. The van der Waals surface area contributed by atoms with Crippen LogP contribution in [0, 0.1) is 0 Å². The van der Waals surface area contributed by atoms with Crippen LogP contribution < -0.4 is 14.8 Å². The number of hydrogen-bond donors (Lipinski definition) is 1. The van der Waals surface area contributed by atoms with Gasteiger partial charge in [-0.3, -0.25) is 4.90 Å². The molecule has 0 saturated carbocycles. The van der Waals surface area contributed by atoms with Crippen molar-refractivity contribution in [3.8, 4) is 11.5 Å². The van der Waals surface area contributed by atoms with Crippen LogP contribution in [0.5, 0.6) is 11.5 Å². The molecule has 5 nitrogen and oxygen atoms in total. The summed E-state index contributed by atoms with van der Waals surface area (Å²) < 4.78 is 10.6. The highest BCUT2D eigenvalue weighted by Gasteiger charge is 2.20. The van der Waals surface area contributed by atoms with Crippen molar-refractivity contribution in [2.45, 2.75) is 6.54 Å². The van der Waals surface area contributed by atoms with E-state index >= 15 is 0 Å². The van der Waals surface area contributed by atoms with Gasteiger partial charge in [-0.2, -0.15) is 0 Å². The second-order valence-electron chi connectivity index (χ2n) is 6.39. The van der Waals surface area contributed by atoms with E-state index in [1.54, 1.807) is 14.2 Å². The Balaban J connectivity index is 1.55. The second-order valence-corrected chi connectivity index (χ2v) is 7.18. The molecule has 1 fully saturated rings. The zero-order valence-corrected chi connectivity index (χ0v) is 17.1. The maximum Gasteiger partial charge on any atom is 0.173 e. The van der Waals surface area contributed by atoms with Crippen molar-refractivity contribution in [1.29, 1.82) is 0 Å². The summed E-state index contributed by atoms with van der Waals surface area (Å²) in [5.41, 5.74) is 2.02. The van der Waals surface area contributed by atoms with E-state index in [0.717, 1.165) is 60.5 Å². The zero-order chi connectivity index (χ0) is 19.2. The van der Waals surface area contributed by atoms with Gasteiger partial charge < -0.3 is 19.7 Å². The molecular weight excluding hydrogens is 382 g/mol. The predicted molar refractivity (Wildman–Crippen MR) is 114 cm³/mol. The minimum absolute atomic E-state index is 0.711. The number of benzene rings is 2. The molecule has 1 saturated heterocycles. The molecule has 0 amide bonds. The molecule has 1 aliphatic heterocycles. The van der Waals surface area contributed by atoms with E-state index in [4.69, 9.17) is 33.3 Å². The van der Waals surface area contributed by atoms with Gasteiger partial charge in [-0.1, -0.05) is 29.8 Å². The van der Waals surface area contributed by atoms with Crippen LogP contribution >= 0.6 is 23.8 Å². The molecule has 27 heavy (non-hydrogen) atoms. The summed E-state index contributed by atoms with van der Waals surface area (Å²) in [5, 5.41) is 4.83. The number of anilines is 1. The Morgan fingerprint density at radius 1 is 1.04 bits per heavy atom. The molecule has 7 heteroatoms. The summed E-state index contributed by atoms with van der Waals surface area (Å²) in [7, 11) is 3.27. The van der Waals surface area contributed by atoms with Crippen LogP contribution in [0.25, 0.3) is 0 Å². The largest absolute Gasteiger partial charge is 0.497 e. The minimum Gasteiger partial charge on any atom is -0.497 e. The average Bonchev–Trinajstić information content (AvgIpc) is 2.70. The molecular formula is C20H24ClN3O2S. The number of rotatable bonds is 5. The average molecular weight is 406 g/mol. The van der Waals surface area contributed by atoms with Crippen LogP contribution in [0.4, 0.5) is 5.69 Å². The van der Waals surface area contributed by atoms with Gasteiger partial charge in [0.15, 0.2) is 5.11 Å². The Morgan fingerprint density at radius 2 is 1.67 bits per heavy atom. The van der Waals surface area contributed by atoms with Crippen LogP contribution in [0.3, 0.4) is 0 Å². The molecule has 0 radical (unpaired) electrons. The number of nitrogens with zero attached hydrogens (tertiary/aromatic N) is 2. The Labute approximate surface area is 170 Å². The summed E-state index contributed by atoms with van der Waals surface area (Å²) in [5.74, 6) is 1.45. The molecule has 1 aliphatic rings. The molecule has 1 heterocycles. The first kappa shape index (κ1) is 19.7. The topological polar surface area (TPSA) is 37.0 Å². The predicted octanol–water partition coefficient (Wildman–Crippen LogP) is 3.87. The van der Waals surface area contributed by atoms with Crippen molar-refractivity contribution >= 4 is 34.6 Å². The quantitative estimate of drug-likeness (QED) is 0.761. The number of methoxy groups -OCH3 is 2. The van der Waals surface area contributed by atoms with Gasteiger partial charge in [0.25, 0.3) is 0 Å². The summed E-state index contributed by atoms with van der Waals surface area (Å²) in [4.78, 5) is 4.58. The lowest BCUT2D eigenvalue weighted by atomic mass is 10.2. The SMILES string of the molecule is COc1cc(NC(=S)N2CCN(Cc3ccccc3Cl)CC2)cc(OC)c1. The van der Waals surface area contributed by atoms with E-state index in [0.29, 0.717) is 5.11 Å². The van der Waals surface area contributed by atoms with Gasteiger partial charge in [0.05, 0.1) is 14.2 Å². The monoisotopic (exact) mass is 405 g/mol. The highest BCUT2D eigenvalue weighted by Crippen LogP contribution is 2.26. The third-order valence-electron chi connectivity index (χ3n) is 4.61. The maximum atomic E-state index is 6.27. The first-order valence-corrected chi connectivity index (χ1v) is 9.62. The molecule has 0 spiro atoms. The standard InChI is InChI=1S/C20H24ClN3O2S/c1-25-17-11-16(12-18(13-17)26-2)22-20(27)24-9-7-23(8-10-24)14-15-5-3-4-6-19(15)21/h3-6,11-13H,7-10,14H2,1-2H3,(H,22,27). The van der Waals surface area contributed by atoms with Crippen LogP contribution in [0.15, 0.2) is 42.5 Å². The van der Waals surface area contributed by atoms with E-state index in [1.165, 1.54) is 0 Å². The third-order valence-corrected chi connectivity index (χ3v) is 5.34. The Hall–Kier alpha value is -2.02. The molecule has 0 atom stereocenters. The number of nitrogens with one attached hydrogen (secondary N) is 1. The van der Waals surface area contributed by atoms with Gasteiger partial charge in [-0.05, 0) is 23.8 Å². The number of hydrogen-bond acceptors (Lipinski definition) is 4. The highest BCUT2D eigenvalue weighted by molar-refractivity contribution is 7.80. The van der Waals surface area contributed by atoms with Gasteiger partial charge in [0, 0.05) is 61.6 Å². The van der Waals surface area contributed by atoms with Gasteiger partial charge >= 0.3 is 0 Å². The normalized spacial score (nSPS) is 14.7. The number of thiocarbonyl (C=S) groups is 1. The first-order valence-electron chi connectivity index (χ1n) is 8.84. The Morgan fingerprint density at radius 3 is 2.26 bits per heavy atom. The van der Waals surface area contributed by atoms with Crippen molar-refractivity contribution in [1.82, 2.24) is 9.80 Å². The van der Waals surface area contributed by atoms with Crippen LogP contribution in [0.1, 0.15) is 5.56 Å². The van der Waals surface area contributed by atoms with Gasteiger partial charge in [-0.25, -0.2) is 0 Å². The second kappa shape index (κ2) is 9.26. The smallest absolute Gasteiger partial charge is 0.173 e. The van der Waals surface area contributed by atoms with E-state index in [1.807, 2.05) is 36.4 Å². The van der Waals surface area contributed by atoms with Crippen LogP contribution in [-0.2, 0) is 6.54 Å². The fourth-order valence-electron chi connectivity index (χ4n) is 3.06. The van der Waals surface area contributed by atoms with Crippen molar-refractivity contribution in [2.75, 3.05) is 45.7 Å². The number of ether oxygens (including phenoxy) is 2. The Bertz CT molecular complexity index is 772. The fraction of sp³-hybridized carbons (Fsp3) is 0.350. The lowest BCUT2D eigenvalue weighted by molar-refractivity contribution is 0.177. The van der Waals surface area contributed by atoms with Crippen LogP contribution in [0.2, 0.25) is 5.02 Å². The molecule has 0 unspecified atom stereocenters. The van der Waals surface area contributed by atoms with Crippen molar-refractivity contribution in [2.24, 2.45) is 0 Å². The molecule has 144 valence electrons. The summed E-state index contributed by atoms with van der Waals surface area (Å²) in [6.45, 7) is 4.48. The van der Waals surface area contributed by atoms with E-state index in [9.17, 15) is 0 Å². The van der Waals surface area contributed by atoms with E-state index in [-0.39, 0.29) is 0 Å². The molecule has 1 N–H and O–H groups in total. The summed E-state index contributed by atoms with van der Waals surface area (Å²) in [6, 6.07) is 13.7. The molecule has 2 aromatic carbocycles. The number of piperazine rings is 1. The summed E-state index contributed by atoms with van der Waals surface area (Å²) >= 11 is 11.9. The highest BCUT2D eigenvalue weighted by atomic mass is 35.5. The first-order chi connectivity index (χ1) is 13.1. The van der Waals surface area contributed by atoms with Gasteiger partial charge in [0.1, 0.15) is 11.5 Å². The van der Waals surface area contributed by atoms with Gasteiger partial charge in [0.2, 0.25) is 0 Å². The third kappa shape index (κ3) is 5.25. The maximum absolute atomic E-state index is 6.27. The van der Waals surface area contributed by atoms with Crippen molar-refractivity contribution in [3.05, 3.63) is 53.1 Å². The summed E-state index contributed by atoms with van der Waals surface area (Å²) in [6.07, 6.45) is 0. The Kier molecular flexibility index (Phi) is 6.77. The van der Waals surface area contributed by atoms with Crippen molar-refractivity contribution < 1.29 is 9.47 Å². The van der Waals surface area contributed by atoms with E-state index < -0.39 is 0 Å². The zero-order valence-electron chi connectivity index (χ0n) is 15.6.